The van der Waals surface area contributed by atoms with Crippen molar-refractivity contribution in [1.29, 1.82) is 0 Å². The molecule has 1 aliphatic heterocycles. The van der Waals surface area contributed by atoms with Crippen LogP contribution in [0.5, 0.6) is 0 Å². The van der Waals surface area contributed by atoms with Crippen molar-refractivity contribution in [1.82, 2.24) is 10.2 Å². The molecular formula is C13H16F2N2O. The minimum atomic E-state index is -0.922. The summed E-state index contributed by atoms with van der Waals surface area (Å²) in [5, 5.41) is 3.22. The van der Waals surface area contributed by atoms with Crippen molar-refractivity contribution < 1.29 is 13.6 Å². The molecule has 1 aliphatic rings. The van der Waals surface area contributed by atoms with Crippen LogP contribution in [0.3, 0.4) is 0 Å². The zero-order valence-electron chi connectivity index (χ0n) is 10.2. The highest BCUT2D eigenvalue weighted by Gasteiger charge is 2.21. The van der Waals surface area contributed by atoms with E-state index in [0.29, 0.717) is 13.1 Å². The number of nitrogens with one attached hydrogen (secondary N) is 1. The summed E-state index contributed by atoms with van der Waals surface area (Å²) in [7, 11) is 0. The van der Waals surface area contributed by atoms with Crippen molar-refractivity contribution in [2.75, 3.05) is 19.6 Å². The topological polar surface area (TPSA) is 32.3 Å². The number of piperazine rings is 1. The lowest BCUT2D eigenvalue weighted by Crippen LogP contribution is -2.51. The molecule has 1 atom stereocenters. The Kier molecular flexibility index (Phi) is 3.91. The van der Waals surface area contributed by atoms with Gasteiger partial charge in [0.15, 0.2) is 11.6 Å². The number of amides is 1. The second-order valence-electron chi connectivity index (χ2n) is 4.58. The summed E-state index contributed by atoms with van der Waals surface area (Å²) < 4.78 is 26.5. The predicted octanol–water partition coefficient (Wildman–Crippen LogP) is 1.33. The quantitative estimate of drug-likeness (QED) is 0.863. The predicted molar refractivity (Wildman–Crippen MR) is 64.1 cm³/mol. The van der Waals surface area contributed by atoms with Gasteiger partial charge in [0.25, 0.3) is 0 Å². The van der Waals surface area contributed by atoms with Crippen LogP contribution >= 0.6 is 0 Å². The molecule has 0 radical (unpaired) electrons. The molecule has 0 spiro atoms. The summed E-state index contributed by atoms with van der Waals surface area (Å²) in [6.07, 6.45) is -0.0870. The minimum Gasteiger partial charge on any atom is -0.340 e. The molecule has 3 nitrogen and oxygen atoms in total. The van der Waals surface area contributed by atoms with Crippen molar-refractivity contribution in [2.24, 2.45) is 0 Å². The fourth-order valence-corrected chi connectivity index (χ4v) is 2.12. The normalized spacial score (nSPS) is 19.9. The Balaban J connectivity index is 2.04. The van der Waals surface area contributed by atoms with Crippen molar-refractivity contribution in [3.63, 3.8) is 0 Å². The first-order valence-corrected chi connectivity index (χ1v) is 6.02. The second-order valence-corrected chi connectivity index (χ2v) is 4.58. The van der Waals surface area contributed by atoms with Gasteiger partial charge < -0.3 is 10.2 Å². The molecule has 98 valence electrons. The first-order chi connectivity index (χ1) is 8.58. The zero-order valence-corrected chi connectivity index (χ0v) is 10.2. The van der Waals surface area contributed by atoms with E-state index in [4.69, 9.17) is 0 Å². The van der Waals surface area contributed by atoms with Crippen LogP contribution in [-0.4, -0.2) is 36.5 Å². The van der Waals surface area contributed by atoms with Crippen LogP contribution < -0.4 is 5.32 Å². The second kappa shape index (κ2) is 5.44. The third-order valence-corrected chi connectivity index (χ3v) is 3.09. The van der Waals surface area contributed by atoms with Gasteiger partial charge in [0.1, 0.15) is 0 Å². The van der Waals surface area contributed by atoms with Gasteiger partial charge in [-0.1, -0.05) is 12.1 Å². The molecule has 1 saturated heterocycles. The molecule has 0 unspecified atom stereocenters. The SMILES string of the molecule is C[C@H]1CN(C(=O)Cc2cccc(F)c2F)CCN1. The highest BCUT2D eigenvalue weighted by molar-refractivity contribution is 5.79. The van der Waals surface area contributed by atoms with E-state index in [2.05, 4.69) is 5.32 Å². The van der Waals surface area contributed by atoms with E-state index in [1.165, 1.54) is 12.1 Å². The van der Waals surface area contributed by atoms with Crippen molar-refractivity contribution >= 4 is 5.91 Å². The van der Waals surface area contributed by atoms with Crippen molar-refractivity contribution in [2.45, 2.75) is 19.4 Å². The Morgan fingerprint density at radius 3 is 3.00 bits per heavy atom. The molecule has 1 heterocycles. The van der Waals surface area contributed by atoms with Crippen molar-refractivity contribution in [3.05, 3.63) is 35.4 Å². The lowest BCUT2D eigenvalue weighted by molar-refractivity contribution is -0.131. The van der Waals surface area contributed by atoms with Gasteiger partial charge in [0.2, 0.25) is 5.91 Å². The van der Waals surface area contributed by atoms with E-state index < -0.39 is 11.6 Å². The average molecular weight is 254 g/mol. The van der Waals surface area contributed by atoms with Crippen LogP contribution in [0.2, 0.25) is 0 Å². The van der Waals surface area contributed by atoms with Gasteiger partial charge in [0, 0.05) is 31.2 Å². The molecule has 2 rings (SSSR count). The van der Waals surface area contributed by atoms with Gasteiger partial charge in [-0.3, -0.25) is 4.79 Å². The number of carbonyl (C=O) groups excluding carboxylic acids is 1. The summed E-state index contributed by atoms with van der Waals surface area (Å²) in [4.78, 5) is 13.7. The maximum absolute atomic E-state index is 13.4. The smallest absolute Gasteiger partial charge is 0.227 e. The van der Waals surface area contributed by atoms with E-state index in [0.717, 1.165) is 12.6 Å². The molecule has 1 fully saturated rings. The Morgan fingerprint density at radius 1 is 1.50 bits per heavy atom. The fraction of sp³-hybridized carbons (Fsp3) is 0.462. The van der Waals surface area contributed by atoms with E-state index >= 15 is 0 Å². The monoisotopic (exact) mass is 254 g/mol. The summed E-state index contributed by atoms with van der Waals surface area (Å²) in [6.45, 7) is 3.94. The molecule has 0 aliphatic carbocycles. The van der Waals surface area contributed by atoms with Crippen LogP contribution in [0.4, 0.5) is 8.78 Å². The number of nitrogens with zero attached hydrogens (tertiary/aromatic N) is 1. The highest BCUT2D eigenvalue weighted by atomic mass is 19.2. The average Bonchev–Trinajstić information content (AvgIpc) is 2.35. The Bertz CT molecular complexity index is 451. The molecule has 1 amide bonds. The first-order valence-electron chi connectivity index (χ1n) is 6.02. The molecule has 1 aromatic carbocycles. The standard InChI is InChI=1S/C13H16F2N2O/c1-9-8-17(6-5-16-9)12(18)7-10-3-2-4-11(14)13(10)15/h2-4,9,16H,5-8H2,1H3/t9-/m0/s1. The third-order valence-electron chi connectivity index (χ3n) is 3.09. The van der Waals surface area contributed by atoms with Gasteiger partial charge in [-0.05, 0) is 13.0 Å². The summed E-state index contributed by atoms with van der Waals surface area (Å²) in [5.41, 5.74) is 0.117. The van der Waals surface area contributed by atoms with Gasteiger partial charge >= 0.3 is 0 Å². The van der Waals surface area contributed by atoms with Gasteiger partial charge in [-0.25, -0.2) is 8.78 Å². The molecule has 1 N–H and O–H groups in total. The third kappa shape index (κ3) is 2.85. The Hall–Kier alpha value is -1.49. The molecule has 18 heavy (non-hydrogen) atoms. The summed E-state index contributed by atoms with van der Waals surface area (Å²) in [5.74, 6) is -1.99. The summed E-state index contributed by atoms with van der Waals surface area (Å²) >= 11 is 0. The van der Waals surface area contributed by atoms with E-state index in [9.17, 15) is 13.6 Å². The number of hydrogen-bond donors (Lipinski definition) is 1. The van der Waals surface area contributed by atoms with Crippen LogP contribution in [0, 0.1) is 11.6 Å². The fourth-order valence-electron chi connectivity index (χ4n) is 2.12. The Labute approximate surface area is 105 Å². The van der Waals surface area contributed by atoms with Crippen LogP contribution in [-0.2, 0) is 11.2 Å². The largest absolute Gasteiger partial charge is 0.340 e. The van der Waals surface area contributed by atoms with Gasteiger partial charge in [0.05, 0.1) is 6.42 Å². The molecule has 0 aromatic heterocycles. The Morgan fingerprint density at radius 2 is 2.28 bits per heavy atom. The lowest BCUT2D eigenvalue weighted by Gasteiger charge is -2.32. The van der Waals surface area contributed by atoms with Crippen molar-refractivity contribution in [3.8, 4) is 0 Å². The lowest BCUT2D eigenvalue weighted by atomic mass is 10.1. The van der Waals surface area contributed by atoms with E-state index in [-0.39, 0.29) is 23.9 Å². The molecule has 0 saturated carbocycles. The number of hydrogen-bond acceptors (Lipinski definition) is 2. The number of rotatable bonds is 2. The van der Waals surface area contributed by atoms with Crippen LogP contribution in [0.25, 0.3) is 0 Å². The van der Waals surface area contributed by atoms with Crippen LogP contribution in [0.15, 0.2) is 18.2 Å². The highest BCUT2D eigenvalue weighted by Crippen LogP contribution is 2.13. The molecule has 0 bridgehead atoms. The first kappa shape index (κ1) is 13.0. The van der Waals surface area contributed by atoms with E-state index in [1.54, 1.807) is 4.90 Å². The van der Waals surface area contributed by atoms with Gasteiger partial charge in [-0.2, -0.15) is 0 Å². The number of benzene rings is 1. The number of halogens is 2. The molecule has 1 aromatic rings. The summed E-state index contributed by atoms with van der Waals surface area (Å²) in [6, 6.07) is 4.15. The maximum Gasteiger partial charge on any atom is 0.227 e. The molecular weight excluding hydrogens is 238 g/mol. The number of carbonyl (C=O) groups is 1. The maximum atomic E-state index is 13.4. The molecule has 5 heteroatoms. The van der Waals surface area contributed by atoms with Crippen LogP contribution in [0.1, 0.15) is 12.5 Å². The zero-order chi connectivity index (χ0) is 13.1. The minimum absolute atomic E-state index is 0.0870. The van der Waals surface area contributed by atoms with E-state index in [1.807, 2.05) is 6.92 Å². The van der Waals surface area contributed by atoms with Gasteiger partial charge in [-0.15, -0.1) is 0 Å².